The van der Waals surface area contributed by atoms with Crippen molar-refractivity contribution < 1.29 is 24.4 Å². The van der Waals surface area contributed by atoms with E-state index in [1.807, 2.05) is 41.3 Å². The number of benzene rings is 2. The second-order valence-corrected chi connectivity index (χ2v) is 12.4. The van der Waals surface area contributed by atoms with E-state index in [1.54, 1.807) is 12.1 Å². The third-order valence-corrected chi connectivity index (χ3v) is 9.14. The minimum atomic E-state index is -0.602. The van der Waals surface area contributed by atoms with Crippen LogP contribution in [-0.2, 0) is 16.1 Å². The molecule has 0 radical (unpaired) electrons. The number of carbonyl (C=O) groups excluding carboxylic acids is 1. The Morgan fingerprint density at radius 3 is 2.12 bits per heavy atom. The molecule has 2 aliphatic carbocycles. The monoisotopic (exact) mass is 593 g/mol. The number of nitrogens with zero attached hydrogens (tertiary/aromatic N) is 3. The van der Waals surface area contributed by atoms with Crippen LogP contribution in [-0.4, -0.2) is 64.1 Å². The summed E-state index contributed by atoms with van der Waals surface area (Å²) in [5, 5.41) is 20.6. The maximum Gasteiger partial charge on any atom is 0.410 e. The average Bonchev–Trinajstić information content (AvgIpc) is 3.74. The Morgan fingerprint density at radius 1 is 0.977 bits per heavy atom. The number of nitro benzene ring substituents is 1. The van der Waals surface area contributed by atoms with Crippen LogP contribution in [0, 0.1) is 33.8 Å². The van der Waals surface area contributed by atoms with Gasteiger partial charge in [-0.25, -0.2) is 4.79 Å². The van der Waals surface area contributed by atoms with Gasteiger partial charge in [0.05, 0.1) is 10.8 Å². The van der Waals surface area contributed by atoms with E-state index in [-0.39, 0.29) is 30.3 Å². The zero-order valence-electron chi connectivity index (χ0n) is 25.4. The molecule has 5 rings (SSSR count). The maximum absolute atomic E-state index is 12.9. The molecule has 9 nitrogen and oxygen atoms in total. The Hall–Kier alpha value is -3.46. The first-order valence-electron chi connectivity index (χ1n) is 16.0. The number of hydrogen-bond donors (Lipinski definition) is 1. The Morgan fingerprint density at radius 2 is 1.58 bits per heavy atom. The number of piperidine rings is 1. The molecule has 1 saturated heterocycles. The molecule has 0 aromatic heterocycles. The van der Waals surface area contributed by atoms with E-state index < -0.39 is 10.9 Å². The molecule has 3 aliphatic rings. The first kappa shape index (κ1) is 32.5. The molecule has 9 heteroatoms. The number of aliphatic carboxylic acids is 1. The van der Waals surface area contributed by atoms with Gasteiger partial charge < -0.3 is 19.6 Å². The lowest BCUT2D eigenvalue weighted by molar-refractivity contribution is -0.384. The smallest absolute Gasteiger partial charge is 0.410 e. The van der Waals surface area contributed by atoms with Crippen LogP contribution in [0.3, 0.4) is 0 Å². The normalized spacial score (nSPS) is 21.3. The van der Waals surface area contributed by atoms with Crippen LogP contribution in [0.5, 0.6) is 0 Å². The van der Waals surface area contributed by atoms with Crippen molar-refractivity contribution in [1.29, 1.82) is 0 Å². The predicted molar refractivity (Wildman–Crippen MR) is 165 cm³/mol. The molecule has 1 aliphatic heterocycles. The lowest BCUT2D eigenvalue weighted by Crippen LogP contribution is -2.48. The van der Waals surface area contributed by atoms with Gasteiger partial charge in [0.25, 0.3) is 5.69 Å². The number of amides is 1. The third-order valence-electron chi connectivity index (χ3n) is 9.14. The fourth-order valence-electron chi connectivity index (χ4n) is 6.62. The number of carboxylic acid groups (broad SMARTS) is 1. The molecule has 3 fully saturated rings. The summed E-state index contributed by atoms with van der Waals surface area (Å²) in [5.74, 6) is 0.774. The van der Waals surface area contributed by atoms with E-state index >= 15 is 0 Å². The Balaban J connectivity index is 0.000000628. The number of carbonyl (C=O) groups is 2. The predicted octanol–water partition coefficient (Wildman–Crippen LogP) is 7.01. The lowest BCUT2D eigenvalue weighted by atomic mass is 9.86. The van der Waals surface area contributed by atoms with Crippen molar-refractivity contribution in [1.82, 2.24) is 9.80 Å². The third kappa shape index (κ3) is 10.3. The summed E-state index contributed by atoms with van der Waals surface area (Å²) in [4.78, 5) is 39.5. The molecule has 0 bridgehead atoms. The van der Waals surface area contributed by atoms with E-state index in [4.69, 9.17) is 4.74 Å². The van der Waals surface area contributed by atoms with Crippen LogP contribution >= 0.6 is 0 Å². The van der Waals surface area contributed by atoms with Crippen LogP contribution in [0.1, 0.15) is 70.3 Å². The van der Waals surface area contributed by atoms with E-state index in [2.05, 4.69) is 11.8 Å². The molecule has 2 aromatic carbocycles. The molecular weight excluding hydrogens is 546 g/mol. The largest absolute Gasteiger partial charge is 0.481 e. The fourth-order valence-corrected chi connectivity index (χ4v) is 6.62. The molecule has 3 unspecified atom stereocenters. The van der Waals surface area contributed by atoms with Crippen molar-refractivity contribution in [2.75, 3.05) is 26.2 Å². The van der Waals surface area contributed by atoms with E-state index in [9.17, 15) is 24.8 Å². The molecule has 1 heterocycles. The molecule has 43 heavy (non-hydrogen) atoms. The van der Waals surface area contributed by atoms with Crippen molar-refractivity contribution in [3.63, 3.8) is 0 Å². The highest BCUT2D eigenvalue weighted by Crippen LogP contribution is 2.43. The van der Waals surface area contributed by atoms with Crippen molar-refractivity contribution in [3.05, 3.63) is 76.3 Å². The van der Waals surface area contributed by atoms with Crippen molar-refractivity contribution in [3.8, 4) is 0 Å². The summed E-state index contributed by atoms with van der Waals surface area (Å²) >= 11 is 0. The lowest BCUT2D eigenvalue weighted by Gasteiger charge is -2.38. The number of likely N-dealkylation sites (tertiary alicyclic amines) is 1. The number of hydrogen-bond acceptors (Lipinski definition) is 6. The first-order valence-corrected chi connectivity index (χ1v) is 16.0. The summed E-state index contributed by atoms with van der Waals surface area (Å²) in [6.07, 6.45) is 8.79. The summed E-state index contributed by atoms with van der Waals surface area (Å²) in [6, 6.07) is 18.2. The number of rotatable bonds is 12. The molecule has 234 valence electrons. The van der Waals surface area contributed by atoms with Gasteiger partial charge in [-0.05, 0) is 80.4 Å². The number of carboxylic acids is 1. The van der Waals surface area contributed by atoms with Crippen molar-refractivity contribution >= 4 is 17.7 Å². The van der Waals surface area contributed by atoms with Crippen molar-refractivity contribution in [2.24, 2.45) is 23.7 Å². The summed E-state index contributed by atoms with van der Waals surface area (Å²) < 4.78 is 5.57. The standard InChI is InChI=1S/C28H41N3O6.C6H6/c1-2-13-30(28(34)37-19-21-6-9-25(10-7-21)31(35)36)24-11-14-29(15-12-24)18-22-5-8-23(16-22)26(27(32)33)17-20-3-4-20;1-2-4-6-5-3-1/h6-7,9-10,20,22-24,26H,2-5,8,11-19H2,1H3,(H,32,33);1-6H. The molecule has 1 amide bonds. The average molecular weight is 594 g/mol. The maximum atomic E-state index is 12.9. The highest BCUT2D eigenvalue weighted by atomic mass is 16.6. The van der Waals surface area contributed by atoms with Crippen LogP contribution in [0.25, 0.3) is 0 Å². The number of nitro groups is 1. The van der Waals surface area contributed by atoms with Gasteiger partial charge in [0.2, 0.25) is 0 Å². The van der Waals surface area contributed by atoms with Crippen LogP contribution in [0.15, 0.2) is 60.7 Å². The Labute approximate surface area is 255 Å². The quantitative estimate of drug-likeness (QED) is 0.208. The zero-order valence-corrected chi connectivity index (χ0v) is 25.4. The van der Waals surface area contributed by atoms with Crippen molar-refractivity contribution in [2.45, 2.75) is 77.4 Å². The van der Waals surface area contributed by atoms with Crippen LogP contribution < -0.4 is 0 Å². The minimum absolute atomic E-state index is 0.0162. The first-order chi connectivity index (χ1) is 20.8. The Kier molecular flexibility index (Phi) is 12.4. The summed E-state index contributed by atoms with van der Waals surface area (Å²) in [6.45, 7) is 5.69. The van der Waals surface area contributed by atoms with Gasteiger partial charge in [-0.2, -0.15) is 0 Å². The molecule has 0 spiro atoms. The van der Waals surface area contributed by atoms with Gasteiger partial charge >= 0.3 is 12.1 Å². The molecular formula is C34H47N3O6. The van der Waals surface area contributed by atoms with Gasteiger partial charge in [0.15, 0.2) is 0 Å². The number of non-ortho nitro benzene ring substituents is 1. The molecule has 2 saturated carbocycles. The summed E-state index contributed by atoms with van der Waals surface area (Å²) in [7, 11) is 0. The molecule has 2 aromatic rings. The second kappa shape index (κ2) is 16.4. The number of ether oxygens (including phenoxy) is 1. The van der Waals surface area contributed by atoms with Gasteiger partial charge in [-0.3, -0.25) is 14.9 Å². The highest BCUT2D eigenvalue weighted by Gasteiger charge is 2.39. The Bertz CT molecular complexity index is 1120. The topological polar surface area (TPSA) is 113 Å². The van der Waals surface area contributed by atoms with Gasteiger partial charge in [-0.1, -0.05) is 56.2 Å². The fraction of sp³-hybridized carbons (Fsp3) is 0.588. The molecule has 1 N–H and O–H groups in total. The minimum Gasteiger partial charge on any atom is -0.481 e. The van der Waals surface area contributed by atoms with Gasteiger partial charge in [-0.15, -0.1) is 0 Å². The zero-order chi connectivity index (χ0) is 30.6. The van der Waals surface area contributed by atoms with E-state index in [1.165, 1.54) is 25.0 Å². The van der Waals surface area contributed by atoms with Crippen LogP contribution in [0.4, 0.5) is 10.5 Å². The second-order valence-electron chi connectivity index (χ2n) is 12.4. The van der Waals surface area contributed by atoms with Crippen LogP contribution in [0.2, 0.25) is 0 Å². The van der Waals surface area contributed by atoms with E-state index in [0.29, 0.717) is 24.3 Å². The van der Waals surface area contributed by atoms with Gasteiger partial charge in [0.1, 0.15) is 6.61 Å². The summed E-state index contributed by atoms with van der Waals surface area (Å²) in [5.41, 5.74) is 0.741. The SMILES string of the molecule is CCCN(C(=O)OCc1ccc([N+](=O)[O-])cc1)C1CCN(CC2CCC(C(CC3CC3)C(=O)O)C2)CC1.c1ccccc1. The van der Waals surface area contributed by atoms with Gasteiger partial charge in [0, 0.05) is 44.4 Å². The van der Waals surface area contributed by atoms with E-state index in [0.717, 1.165) is 70.1 Å². The highest BCUT2D eigenvalue weighted by molar-refractivity contribution is 5.70. The molecule has 3 atom stereocenters.